The van der Waals surface area contributed by atoms with Crippen LogP contribution in [0.2, 0.25) is 0 Å². The van der Waals surface area contributed by atoms with Crippen LogP contribution in [-0.4, -0.2) is 39.9 Å². The van der Waals surface area contributed by atoms with Gasteiger partial charge in [0.15, 0.2) is 0 Å². The van der Waals surface area contributed by atoms with E-state index < -0.39 is 17.8 Å². The van der Waals surface area contributed by atoms with Crippen molar-refractivity contribution in [1.82, 2.24) is 9.63 Å². The van der Waals surface area contributed by atoms with Crippen LogP contribution in [0.1, 0.15) is 22.8 Å². The highest BCUT2D eigenvalue weighted by Crippen LogP contribution is 2.29. The standard InChI is InChI=1S/C18H19BrFN3O4/c1-10(24)9-27-23-6-5-11-7-15(25)22(2)17(16(11)18(23)26)21-14-4-3-12(19)8-13(14)20/h3-4,7-8,10,21,24H,5-6,9H2,1-2H3/t10-/m0/s1. The number of amides is 1. The Kier molecular flexibility index (Phi) is 5.64. The number of aliphatic hydroxyl groups is 1. The number of rotatable bonds is 5. The number of pyridine rings is 1. The second kappa shape index (κ2) is 7.79. The number of hydrogen-bond acceptors (Lipinski definition) is 5. The van der Waals surface area contributed by atoms with Gasteiger partial charge in [0.25, 0.3) is 11.5 Å². The van der Waals surface area contributed by atoms with Crippen molar-refractivity contribution < 1.29 is 19.1 Å². The molecule has 0 aliphatic carbocycles. The lowest BCUT2D eigenvalue weighted by Crippen LogP contribution is -2.41. The molecule has 0 fully saturated rings. The van der Waals surface area contributed by atoms with E-state index in [2.05, 4.69) is 21.2 Å². The summed E-state index contributed by atoms with van der Waals surface area (Å²) in [5.41, 5.74) is 0.646. The van der Waals surface area contributed by atoms with Crippen molar-refractivity contribution in [2.24, 2.45) is 7.05 Å². The average molecular weight is 440 g/mol. The van der Waals surface area contributed by atoms with Crippen molar-refractivity contribution in [2.45, 2.75) is 19.4 Å². The lowest BCUT2D eigenvalue weighted by atomic mass is 10.0. The van der Waals surface area contributed by atoms with E-state index in [1.165, 1.54) is 29.8 Å². The number of hydroxylamine groups is 2. The van der Waals surface area contributed by atoms with Crippen molar-refractivity contribution in [2.75, 3.05) is 18.5 Å². The predicted molar refractivity (Wildman–Crippen MR) is 101 cm³/mol. The Labute approximate surface area is 163 Å². The molecule has 1 aromatic heterocycles. The van der Waals surface area contributed by atoms with Gasteiger partial charge < -0.3 is 10.4 Å². The highest BCUT2D eigenvalue weighted by Gasteiger charge is 2.30. The highest BCUT2D eigenvalue weighted by atomic mass is 79.9. The maximum Gasteiger partial charge on any atom is 0.281 e. The molecule has 1 aliphatic rings. The maximum absolute atomic E-state index is 14.3. The number of carbonyl (C=O) groups excluding carboxylic acids is 1. The Morgan fingerprint density at radius 3 is 2.78 bits per heavy atom. The van der Waals surface area contributed by atoms with Crippen LogP contribution in [0.15, 0.2) is 33.5 Å². The molecule has 7 nitrogen and oxygen atoms in total. The summed E-state index contributed by atoms with van der Waals surface area (Å²) in [6.07, 6.45) is -0.317. The van der Waals surface area contributed by atoms with Crippen LogP contribution >= 0.6 is 15.9 Å². The number of hydrogen-bond donors (Lipinski definition) is 2. The van der Waals surface area contributed by atoms with Crippen molar-refractivity contribution >= 4 is 33.3 Å². The molecule has 1 amide bonds. The van der Waals surface area contributed by atoms with Crippen LogP contribution in [0.25, 0.3) is 0 Å². The van der Waals surface area contributed by atoms with Gasteiger partial charge in [0.1, 0.15) is 18.2 Å². The van der Waals surface area contributed by atoms with Gasteiger partial charge in [-0.15, -0.1) is 0 Å². The molecular formula is C18H19BrFN3O4. The number of fused-ring (bicyclic) bond motifs is 1. The van der Waals surface area contributed by atoms with E-state index in [9.17, 15) is 19.1 Å². The number of nitrogens with zero attached hydrogens (tertiary/aromatic N) is 2. The van der Waals surface area contributed by atoms with E-state index in [0.29, 0.717) is 16.5 Å². The molecule has 0 saturated heterocycles. The molecule has 27 heavy (non-hydrogen) atoms. The summed E-state index contributed by atoms with van der Waals surface area (Å²) in [6, 6.07) is 5.86. The smallest absolute Gasteiger partial charge is 0.281 e. The van der Waals surface area contributed by atoms with Gasteiger partial charge in [0.05, 0.1) is 23.9 Å². The lowest BCUT2D eigenvalue weighted by Gasteiger charge is -2.30. The largest absolute Gasteiger partial charge is 0.391 e. The zero-order valence-electron chi connectivity index (χ0n) is 14.8. The first kappa shape index (κ1) is 19.5. The fraction of sp³-hybridized carbons (Fsp3) is 0.333. The van der Waals surface area contributed by atoms with Crippen molar-refractivity contribution in [3.05, 3.63) is 56.0 Å². The number of halogens is 2. The first-order valence-electron chi connectivity index (χ1n) is 8.35. The molecule has 1 aromatic carbocycles. The third-order valence-electron chi connectivity index (χ3n) is 4.20. The number of nitrogens with one attached hydrogen (secondary N) is 1. The highest BCUT2D eigenvalue weighted by molar-refractivity contribution is 9.10. The number of carbonyl (C=O) groups is 1. The van der Waals surface area contributed by atoms with Crippen LogP contribution in [0, 0.1) is 5.82 Å². The van der Waals surface area contributed by atoms with E-state index in [1.807, 2.05) is 0 Å². The molecule has 2 aromatic rings. The minimum atomic E-state index is -0.728. The Morgan fingerprint density at radius 1 is 1.37 bits per heavy atom. The summed E-state index contributed by atoms with van der Waals surface area (Å²) in [5, 5.41) is 13.4. The van der Waals surface area contributed by atoms with E-state index in [1.54, 1.807) is 13.0 Å². The second-order valence-electron chi connectivity index (χ2n) is 6.34. The van der Waals surface area contributed by atoms with Crippen LogP contribution < -0.4 is 10.9 Å². The topological polar surface area (TPSA) is 83.8 Å². The minimum absolute atomic E-state index is 0.0308. The minimum Gasteiger partial charge on any atom is -0.391 e. The normalized spacial score (nSPS) is 14.9. The van der Waals surface area contributed by atoms with Gasteiger partial charge in [-0.3, -0.25) is 19.0 Å². The molecule has 2 heterocycles. The van der Waals surface area contributed by atoms with Crippen LogP contribution in [0.3, 0.4) is 0 Å². The molecule has 1 atom stereocenters. The van der Waals surface area contributed by atoms with E-state index in [0.717, 1.165) is 5.06 Å². The average Bonchev–Trinajstić information content (AvgIpc) is 2.60. The Balaban J connectivity index is 2.03. The molecule has 9 heteroatoms. The molecule has 0 saturated carbocycles. The SMILES string of the molecule is C[C@H](O)CON1CCc2cc(=O)n(C)c(Nc3ccc(Br)cc3F)c2C1=O. The summed E-state index contributed by atoms with van der Waals surface area (Å²) in [7, 11) is 1.50. The van der Waals surface area contributed by atoms with Crippen LogP contribution in [-0.2, 0) is 18.3 Å². The molecule has 0 bridgehead atoms. The number of benzene rings is 1. The van der Waals surface area contributed by atoms with Gasteiger partial charge in [0, 0.05) is 17.6 Å². The first-order valence-corrected chi connectivity index (χ1v) is 9.15. The summed E-state index contributed by atoms with van der Waals surface area (Å²) in [4.78, 5) is 30.5. The Hall–Kier alpha value is -2.23. The molecule has 0 radical (unpaired) electrons. The van der Waals surface area contributed by atoms with Gasteiger partial charge in [0.2, 0.25) is 0 Å². The third-order valence-corrected chi connectivity index (χ3v) is 4.70. The fourth-order valence-electron chi connectivity index (χ4n) is 2.82. The molecular weight excluding hydrogens is 421 g/mol. The molecule has 0 spiro atoms. The van der Waals surface area contributed by atoms with E-state index in [4.69, 9.17) is 4.84 Å². The lowest BCUT2D eigenvalue weighted by molar-refractivity contribution is -0.144. The van der Waals surface area contributed by atoms with E-state index >= 15 is 0 Å². The Bertz CT molecular complexity index is 945. The second-order valence-corrected chi connectivity index (χ2v) is 7.26. The van der Waals surface area contributed by atoms with Crippen molar-refractivity contribution in [3.63, 3.8) is 0 Å². The van der Waals surface area contributed by atoms with Crippen molar-refractivity contribution in [1.29, 1.82) is 0 Å². The van der Waals surface area contributed by atoms with Gasteiger partial charge in [-0.1, -0.05) is 15.9 Å². The quantitative estimate of drug-likeness (QED) is 0.746. The molecule has 2 N–H and O–H groups in total. The van der Waals surface area contributed by atoms with E-state index in [-0.39, 0.29) is 35.8 Å². The van der Waals surface area contributed by atoms with Crippen LogP contribution in [0.4, 0.5) is 15.9 Å². The number of aliphatic hydroxyl groups excluding tert-OH is 1. The summed E-state index contributed by atoms with van der Waals surface area (Å²) >= 11 is 3.19. The third kappa shape index (κ3) is 4.05. The maximum atomic E-state index is 14.3. The zero-order valence-corrected chi connectivity index (χ0v) is 16.4. The van der Waals surface area contributed by atoms with Gasteiger partial charge in [-0.05, 0) is 37.1 Å². The van der Waals surface area contributed by atoms with Gasteiger partial charge in [-0.2, -0.15) is 0 Å². The van der Waals surface area contributed by atoms with Crippen molar-refractivity contribution in [3.8, 4) is 0 Å². The molecule has 3 rings (SSSR count). The Morgan fingerprint density at radius 2 is 2.11 bits per heavy atom. The summed E-state index contributed by atoms with van der Waals surface area (Å²) in [6.45, 7) is 1.78. The number of aromatic nitrogens is 1. The van der Waals surface area contributed by atoms with Crippen LogP contribution in [0.5, 0.6) is 0 Å². The summed E-state index contributed by atoms with van der Waals surface area (Å²) < 4.78 is 16.1. The monoisotopic (exact) mass is 439 g/mol. The fourth-order valence-corrected chi connectivity index (χ4v) is 3.15. The summed E-state index contributed by atoms with van der Waals surface area (Å²) in [5.74, 6) is -0.790. The molecule has 144 valence electrons. The van der Waals surface area contributed by atoms with Gasteiger partial charge in [-0.25, -0.2) is 9.45 Å². The predicted octanol–water partition coefficient (Wildman–Crippen LogP) is 2.34. The zero-order chi connectivity index (χ0) is 19.7. The molecule has 1 aliphatic heterocycles. The first-order chi connectivity index (χ1) is 12.8. The number of anilines is 2. The van der Waals surface area contributed by atoms with Gasteiger partial charge >= 0.3 is 0 Å². The molecule has 0 unspecified atom stereocenters.